The molecule has 1 saturated heterocycles. The minimum absolute atomic E-state index is 0.380. The number of halogens is 1. The fraction of sp³-hybridized carbons (Fsp3) is 0.296. The quantitative estimate of drug-likeness (QED) is 0.430. The fourth-order valence-corrected chi connectivity index (χ4v) is 4.72. The van der Waals surface area contributed by atoms with Crippen LogP contribution in [0.1, 0.15) is 35.6 Å². The number of methoxy groups -OCH3 is 2. The molecule has 1 N–H and O–H groups in total. The van der Waals surface area contributed by atoms with Crippen LogP contribution in [0.5, 0.6) is 17.2 Å². The molecule has 1 aliphatic heterocycles. The van der Waals surface area contributed by atoms with Gasteiger partial charge in [0.2, 0.25) is 0 Å². The van der Waals surface area contributed by atoms with Gasteiger partial charge in [0.15, 0.2) is 11.5 Å². The molecule has 4 rings (SSSR count). The van der Waals surface area contributed by atoms with Crippen molar-refractivity contribution in [2.75, 3.05) is 20.8 Å². The van der Waals surface area contributed by atoms with Crippen molar-refractivity contribution in [1.82, 2.24) is 4.90 Å². The monoisotopic (exact) mass is 481 g/mol. The van der Waals surface area contributed by atoms with Gasteiger partial charge >= 0.3 is 5.97 Å². The Labute approximate surface area is 204 Å². The lowest BCUT2D eigenvalue weighted by molar-refractivity contribution is -0.142. The summed E-state index contributed by atoms with van der Waals surface area (Å²) in [5, 5.41) is 10.4. The molecule has 0 bridgehead atoms. The molecule has 0 aliphatic carbocycles. The van der Waals surface area contributed by atoms with Crippen molar-refractivity contribution in [2.24, 2.45) is 0 Å². The predicted octanol–water partition coefficient (Wildman–Crippen LogP) is 5.57. The van der Waals surface area contributed by atoms with Gasteiger partial charge in [-0.15, -0.1) is 0 Å². The summed E-state index contributed by atoms with van der Waals surface area (Å²) >= 11 is 6.36. The Bertz CT molecular complexity index is 1140. The molecule has 0 radical (unpaired) electrons. The molecular weight excluding hydrogens is 454 g/mol. The standard InChI is InChI=1S/C27H28ClNO5/c1-32-23-13-11-20(28)16-21(23)26(29-14-6-9-22(29)27(30)31)19-10-12-24(25(15-19)33-2)34-17-18-7-4-3-5-8-18/h3-5,7-8,10-13,15-16,22,26H,6,9,14,17H2,1-2H3,(H,30,31). The summed E-state index contributed by atoms with van der Waals surface area (Å²) in [5.41, 5.74) is 2.73. The van der Waals surface area contributed by atoms with E-state index in [0.29, 0.717) is 41.8 Å². The third kappa shape index (κ3) is 5.13. The van der Waals surface area contributed by atoms with Crippen LogP contribution in [0.4, 0.5) is 0 Å². The lowest BCUT2D eigenvalue weighted by Gasteiger charge is -2.33. The number of carboxylic acids is 1. The first-order valence-electron chi connectivity index (χ1n) is 11.2. The average Bonchev–Trinajstić information content (AvgIpc) is 3.34. The molecule has 3 aromatic rings. The molecule has 0 aromatic heterocycles. The van der Waals surface area contributed by atoms with Gasteiger partial charge in [-0.25, -0.2) is 0 Å². The van der Waals surface area contributed by atoms with E-state index in [-0.39, 0.29) is 6.04 Å². The highest BCUT2D eigenvalue weighted by atomic mass is 35.5. The summed E-state index contributed by atoms with van der Waals surface area (Å²) < 4.78 is 17.3. The summed E-state index contributed by atoms with van der Waals surface area (Å²) in [7, 11) is 3.20. The number of nitrogens with zero attached hydrogens (tertiary/aromatic N) is 1. The van der Waals surface area contributed by atoms with Crippen molar-refractivity contribution in [3.63, 3.8) is 0 Å². The number of benzene rings is 3. The molecule has 0 spiro atoms. The zero-order chi connectivity index (χ0) is 24.1. The number of hydrogen-bond acceptors (Lipinski definition) is 5. The van der Waals surface area contributed by atoms with Crippen LogP contribution in [0.25, 0.3) is 0 Å². The Morgan fingerprint density at radius 2 is 1.76 bits per heavy atom. The maximum Gasteiger partial charge on any atom is 0.320 e. The van der Waals surface area contributed by atoms with E-state index in [0.717, 1.165) is 23.1 Å². The minimum Gasteiger partial charge on any atom is -0.496 e. The zero-order valence-corrected chi connectivity index (χ0v) is 20.0. The minimum atomic E-state index is -0.835. The number of ether oxygens (including phenoxy) is 3. The lowest BCUT2D eigenvalue weighted by atomic mass is 9.95. The normalized spacial score (nSPS) is 16.7. The van der Waals surface area contributed by atoms with E-state index in [9.17, 15) is 9.90 Å². The van der Waals surface area contributed by atoms with Crippen molar-refractivity contribution < 1.29 is 24.1 Å². The van der Waals surface area contributed by atoms with Gasteiger partial charge in [-0.3, -0.25) is 9.69 Å². The van der Waals surface area contributed by atoms with Crippen molar-refractivity contribution in [3.8, 4) is 17.2 Å². The SMILES string of the molecule is COc1cc(C(c2cc(Cl)ccc2OC)N2CCCC2C(=O)O)ccc1OCc1ccccc1. The van der Waals surface area contributed by atoms with Gasteiger partial charge in [-0.2, -0.15) is 0 Å². The summed E-state index contributed by atoms with van der Waals surface area (Å²) in [5.74, 6) is 1.00. The largest absolute Gasteiger partial charge is 0.496 e. The van der Waals surface area contributed by atoms with Crippen LogP contribution in [-0.2, 0) is 11.4 Å². The van der Waals surface area contributed by atoms with E-state index in [1.807, 2.05) is 65.6 Å². The Hall–Kier alpha value is -3.22. The second-order valence-corrected chi connectivity index (χ2v) is 8.64. The van der Waals surface area contributed by atoms with Crippen molar-refractivity contribution in [3.05, 3.63) is 88.4 Å². The van der Waals surface area contributed by atoms with E-state index in [1.54, 1.807) is 20.3 Å². The molecule has 34 heavy (non-hydrogen) atoms. The van der Waals surface area contributed by atoms with Crippen LogP contribution in [0.15, 0.2) is 66.7 Å². The molecule has 3 aromatic carbocycles. The predicted molar refractivity (Wildman–Crippen MR) is 131 cm³/mol. The second kappa shape index (κ2) is 10.8. The first-order valence-corrected chi connectivity index (χ1v) is 11.6. The number of carboxylic acid groups (broad SMARTS) is 1. The third-order valence-corrected chi connectivity index (χ3v) is 6.37. The first kappa shape index (κ1) is 23.9. The number of hydrogen-bond donors (Lipinski definition) is 1. The fourth-order valence-electron chi connectivity index (χ4n) is 4.54. The number of aliphatic carboxylic acids is 1. The Morgan fingerprint density at radius 3 is 2.47 bits per heavy atom. The molecule has 7 heteroatoms. The smallest absolute Gasteiger partial charge is 0.320 e. The van der Waals surface area contributed by atoms with Crippen LogP contribution < -0.4 is 14.2 Å². The lowest BCUT2D eigenvalue weighted by Crippen LogP contribution is -2.39. The number of likely N-dealkylation sites (tertiary alicyclic amines) is 1. The van der Waals surface area contributed by atoms with Gasteiger partial charge in [-0.1, -0.05) is 48.0 Å². The number of carbonyl (C=O) groups is 1. The summed E-state index contributed by atoms with van der Waals surface area (Å²) in [6.07, 6.45) is 1.38. The zero-order valence-electron chi connectivity index (χ0n) is 19.2. The highest BCUT2D eigenvalue weighted by Crippen LogP contribution is 2.42. The Kier molecular flexibility index (Phi) is 7.60. The second-order valence-electron chi connectivity index (χ2n) is 8.21. The molecule has 178 valence electrons. The summed E-state index contributed by atoms with van der Waals surface area (Å²) in [6.45, 7) is 1.06. The van der Waals surface area contributed by atoms with Gasteiger partial charge in [-0.05, 0) is 54.3 Å². The van der Waals surface area contributed by atoms with E-state index in [4.69, 9.17) is 25.8 Å². The van der Waals surface area contributed by atoms with Gasteiger partial charge in [0.25, 0.3) is 0 Å². The topological polar surface area (TPSA) is 68.2 Å². The van der Waals surface area contributed by atoms with Crippen LogP contribution in [-0.4, -0.2) is 42.8 Å². The van der Waals surface area contributed by atoms with Crippen molar-refractivity contribution in [2.45, 2.75) is 31.5 Å². The molecule has 2 unspecified atom stereocenters. The molecule has 1 fully saturated rings. The molecular formula is C27H28ClNO5. The van der Waals surface area contributed by atoms with Crippen molar-refractivity contribution >= 4 is 17.6 Å². The van der Waals surface area contributed by atoms with E-state index in [1.165, 1.54) is 0 Å². The van der Waals surface area contributed by atoms with Gasteiger partial charge in [0.1, 0.15) is 18.4 Å². The van der Waals surface area contributed by atoms with Gasteiger partial charge < -0.3 is 19.3 Å². The van der Waals surface area contributed by atoms with E-state index in [2.05, 4.69) is 0 Å². The molecule has 1 aliphatic rings. The Balaban J connectivity index is 1.74. The van der Waals surface area contributed by atoms with Crippen LogP contribution in [0, 0.1) is 0 Å². The van der Waals surface area contributed by atoms with E-state index >= 15 is 0 Å². The molecule has 1 heterocycles. The van der Waals surface area contributed by atoms with Crippen LogP contribution in [0.3, 0.4) is 0 Å². The third-order valence-electron chi connectivity index (χ3n) is 6.14. The highest BCUT2D eigenvalue weighted by Gasteiger charge is 2.38. The van der Waals surface area contributed by atoms with Gasteiger partial charge in [0, 0.05) is 17.1 Å². The maximum absolute atomic E-state index is 12.1. The summed E-state index contributed by atoms with van der Waals surface area (Å²) in [4.78, 5) is 14.0. The highest BCUT2D eigenvalue weighted by molar-refractivity contribution is 6.30. The van der Waals surface area contributed by atoms with Crippen molar-refractivity contribution in [1.29, 1.82) is 0 Å². The average molecular weight is 482 g/mol. The first-order chi connectivity index (χ1) is 16.5. The van der Waals surface area contributed by atoms with Crippen LogP contribution in [0.2, 0.25) is 5.02 Å². The molecule has 0 saturated carbocycles. The molecule has 6 nitrogen and oxygen atoms in total. The maximum atomic E-state index is 12.1. The Morgan fingerprint density at radius 1 is 1.03 bits per heavy atom. The molecule has 2 atom stereocenters. The van der Waals surface area contributed by atoms with Crippen LogP contribution >= 0.6 is 11.6 Å². The van der Waals surface area contributed by atoms with Gasteiger partial charge in [0.05, 0.1) is 20.3 Å². The van der Waals surface area contributed by atoms with E-state index < -0.39 is 12.0 Å². The summed E-state index contributed by atoms with van der Waals surface area (Å²) in [6, 6.07) is 20.1. The molecule has 0 amide bonds. The number of rotatable bonds is 9.